The maximum Gasteiger partial charge on any atom is 0.121 e. The van der Waals surface area contributed by atoms with Crippen LogP contribution in [0.2, 0.25) is 0 Å². The molecular formula is C10H17N3. The zero-order chi connectivity index (χ0) is 9.68. The molecule has 1 aliphatic heterocycles. The molecule has 1 aliphatic rings. The van der Waals surface area contributed by atoms with Crippen LogP contribution in [-0.4, -0.2) is 49.2 Å². The highest BCUT2D eigenvalue weighted by molar-refractivity contribution is 5.71. The molecule has 0 atom stereocenters. The van der Waals surface area contributed by atoms with Gasteiger partial charge >= 0.3 is 0 Å². The van der Waals surface area contributed by atoms with Crippen LogP contribution in [0.3, 0.4) is 0 Å². The zero-order valence-electron chi connectivity index (χ0n) is 8.24. The maximum absolute atomic E-state index is 4.16. The van der Waals surface area contributed by atoms with E-state index < -0.39 is 0 Å². The molecule has 3 nitrogen and oxygen atoms in total. The third-order valence-corrected chi connectivity index (χ3v) is 2.20. The first kappa shape index (κ1) is 9.99. The molecule has 1 fully saturated rings. The fourth-order valence-corrected chi connectivity index (χ4v) is 1.28. The van der Waals surface area contributed by atoms with Gasteiger partial charge in [0.2, 0.25) is 0 Å². The SMILES string of the molecule is C=C/C=N\C(=C)N1CCN(C)CC1. The predicted octanol–water partition coefficient (Wildman–Crippen LogP) is 0.962. The molecule has 0 N–H and O–H groups in total. The Morgan fingerprint density at radius 1 is 1.31 bits per heavy atom. The van der Waals surface area contributed by atoms with Gasteiger partial charge in [-0.15, -0.1) is 0 Å². The molecule has 0 aliphatic carbocycles. The van der Waals surface area contributed by atoms with Crippen molar-refractivity contribution in [1.82, 2.24) is 9.80 Å². The molecule has 1 rings (SSSR count). The first-order valence-electron chi connectivity index (χ1n) is 4.51. The normalized spacial score (nSPS) is 19.3. The topological polar surface area (TPSA) is 18.8 Å². The molecular weight excluding hydrogens is 162 g/mol. The van der Waals surface area contributed by atoms with Crippen molar-refractivity contribution in [2.45, 2.75) is 0 Å². The van der Waals surface area contributed by atoms with Crippen LogP contribution >= 0.6 is 0 Å². The van der Waals surface area contributed by atoms with Gasteiger partial charge in [0.15, 0.2) is 0 Å². The van der Waals surface area contributed by atoms with E-state index in [0.29, 0.717) is 0 Å². The molecule has 0 amide bonds. The van der Waals surface area contributed by atoms with E-state index in [1.165, 1.54) is 0 Å². The molecule has 13 heavy (non-hydrogen) atoms. The van der Waals surface area contributed by atoms with Crippen molar-refractivity contribution < 1.29 is 0 Å². The Labute approximate surface area is 80.1 Å². The Balaban J connectivity index is 2.40. The third-order valence-electron chi connectivity index (χ3n) is 2.20. The highest BCUT2D eigenvalue weighted by Gasteiger charge is 2.13. The lowest BCUT2D eigenvalue weighted by molar-refractivity contribution is 0.186. The summed E-state index contributed by atoms with van der Waals surface area (Å²) in [4.78, 5) is 8.66. The Bertz CT molecular complexity index is 212. The number of likely N-dealkylation sites (N-methyl/N-ethyl adjacent to an activating group) is 1. The molecule has 0 unspecified atom stereocenters. The second-order valence-electron chi connectivity index (χ2n) is 3.22. The lowest BCUT2D eigenvalue weighted by Gasteiger charge is -2.33. The highest BCUT2D eigenvalue weighted by atomic mass is 15.3. The monoisotopic (exact) mass is 179 g/mol. The summed E-state index contributed by atoms with van der Waals surface area (Å²) in [6.07, 6.45) is 3.35. The maximum atomic E-state index is 4.16. The van der Waals surface area contributed by atoms with Gasteiger partial charge in [-0.05, 0) is 7.05 Å². The fraction of sp³-hybridized carbons (Fsp3) is 0.500. The van der Waals surface area contributed by atoms with Crippen LogP contribution in [0.5, 0.6) is 0 Å². The van der Waals surface area contributed by atoms with Gasteiger partial charge in [-0.3, -0.25) is 0 Å². The van der Waals surface area contributed by atoms with E-state index >= 15 is 0 Å². The molecule has 0 aromatic carbocycles. The van der Waals surface area contributed by atoms with Gasteiger partial charge in [0.05, 0.1) is 0 Å². The van der Waals surface area contributed by atoms with Crippen LogP contribution in [0.1, 0.15) is 0 Å². The third kappa shape index (κ3) is 3.03. The van der Waals surface area contributed by atoms with Crippen molar-refractivity contribution in [2.24, 2.45) is 4.99 Å². The first-order valence-corrected chi connectivity index (χ1v) is 4.51. The smallest absolute Gasteiger partial charge is 0.121 e. The lowest BCUT2D eigenvalue weighted by atomic mass is 10.3. The van der Waals surface area contributed by atoms with Gasteiger partial charge in [-0.25, -0.2) is 4.99 Å². The lowest BCUT2D eigenvalue weighted by Crippen LogP contribution is -2.43. The van der Waals surface area contributed by atoms with Gasteiger partial charge < -0.3 is 9.80 Å². The summed E-state index contributed by atoms with van der Waals surface area (Å²) in [7, 11) is 2.13. The molecule has 72 valence electrons. The number of aliphatic imine (C=N–C) groups is 1. The standard InChI is InChI=1S/C10H17N3/c1-4-5-11-10(2)13-8-6-12(3)7-9-13/h4-5H,1-2,6-9H2,3H3/b11-5-. The number of nitrogens with zero attached hydrogens (tertiary/aromatic N) is 3. The highest BCUT2D eigenvalue weighted by Crippen LogP contribution is 2.06. The van der Waals surface area contributed by atoms with E-state index in [1.807, 2.05) is 0 Å². The second kappa shape index (κ2) is 4.82. The van der Waals surface area contributed by atoms with Crippen LogP contribution in [0.25, 0.3) is 0 Å². The quantitative estimate of drug-likeness (QED) is 0.601. The van der Waals surface area contributed by atoms with Crippen LogP contribution < -0.4 is 0 Å². The van der Waals surface area contributed by atoms with E-state index in [4.69, 9.17) is 0 Å². The molecule has 0 spiro atoms. The van der Waals surface area contributed by atoms with Gasteiger partial charge in [-0.1, -0.05) is 19.2 Å². The van der Waals surface area contributed by atoms with Crippen LogP contribution in [0.4, 0.5) is 0 Å². The van der Waals surface area contributed by atoms with Crippen molar-refractivity contribution in [3.05, 3.63) is 25.1 Å². The van der Waals surface area contributed by atoms with E-state index in [0.717, 1.165) is 32.0 Å². The van der Waals surface area contributed by atoms with Crippen molar-refractivity contribution in [3.63, 3.8) is 0 Å². The van der Waals surface area contributed by atoms with Crippen molar-refractivity contribution >= 4 is 6.21 Å². The summed E-state index contributed by atoms with van der Waals surface area (Å²) in [5, 5.41) is 0. The van der Waals surface area contributed by atoms with Crippen LogP contribution in [0, 0.1) is 0 Å². The number of piperazine rings is 1. The van der Waals surface area contributed by atoms with Gasteiger partial charge in [-0.2, -0.15) is 0 Å². The van der Waals surface area contributed by atoms with E-state index in [9.17, 15) is 0 Å². The Hall–Kier alpha value is -1.09. The number of hydrogen-bond acceptors (Lipinski definition) is 3. The van der Waals surface area contributed by atoms with Crippen molar-refractivity contribution in [1.29, 1.82) is 0 Å². The van der Waals surface area contributed by atoms with Crippen molar-refractivity contribution in [2.75, 3.05) is 33.2 Å². The van der Waals surface area contributed by atoms with Crippen LogP contribution in [0.15, 0.2) is 30.0 Å². The molecule has 1 heterocycles. The van der Waals surface area contributed by atoms with Gasteiger partial charge in [0, 0.05) is 32.4 Å². The predicted molar refractivity (Wildman–Crippen MR) is 56.9 cm³/mol. The minimum Gasteiger partial charge on any atom is -0.355 e. The Morgan fingerprint density at radius 3 is 2.46 bits per heavy atom. The number of rotatable bonds is 3. The molecule has 3 heteroatoms. The molecule has 0 aromatic heterocycles. The first-order chi connectivity index (χ1) is 6.24. The molecule has 1 saturated heterocycles. The minimum absolute atomic E-state index is 0.841. The van der Waals surface area contributed by atoms with E-state index in [-0.39, 0.29) is 0 Å². The number of hydrogen-bond donors (Lipinski definition) is 0. The largest absolute Gasteiger partial charge is 0.355 e. The summed E-state index contributed by atoms with van der Waals surface area (Å²) < 4.78 is 0. The molecule has 0 bridgehead atoms. The molecule has 0 aromatic rings. The van der Waals surface area contributed by atoms with Crippen molar-refractivity contribution in [3.8, 4) is 0 Å². The minimum atomic E-state index is 0.841. The summed E-state index contributed by atoms with van der Waals surface area (Å²) in [5.74, 6) is 0.841. The average molecular weight is 179 g/mol. The van der Waals surface area contributed by atoms with Gasteiger partial charge in [0.25, 0.3) is 0 Å². The number of allylic oxidation sites excluding steroid dienone is 1. The van der Waals surface area contributed by atoms with Gasteiger partial charge in [0.1, 0.15) is 5.82 Å². The van der Waals surface area contributed by atoms with E-state index in [1.54, 1.807) is 12.3 Å². The zero-order valence-corrected chi connectivity index (χ0v) is 8.24. The van der Waals surface area contributed by atoms with Crippen LogP contribution in [-0.2, 0) is 0 Å². The Kier molecular flexibility index (Phi) is 3.71. The summed E-state index contributed by atoms with van der Waals surface area (Å²) in [5.41, 5.74) is 0. The summed E-state index contributed by atoms with van der Waals surface area (Å²) in [6, 6.07) is 0. The molecule has 0 saturated carbocycles. The summed E-state index contributed by atoms with van der Waals surface area (Å²) in [6.45, 7) is 11.7. The average Bonchev–Trinajstić information content (AvgIpc) is 2.15. The molecule has 0 radical (unpaired) electrons. The Morgan fingerprint density at radius 2 is 1.92 bits per heavy atom. The second-order valence-corrected chi connectivity index (χ2v) is 3.22. The fourth-order valence-electron chi connectivity index (χ4n) is 1.28. The summed E-state index contributed by atoms with van der Waals surface area (Å²) >= 11 is 0. The van der Waals surface area contributed by atoms with E-state index in [2.05, 4.69) is 35.0 Å².